The largest absolute Gasteiger partial charge is 0.0654 e. The van der Waals surface area contributed by atoms with E-state index in [1.165, 1.54) is 154 Å². The molecule has 0 rings (SSSR count). The van der Waals surface area contributed by atoms with Gasteiger partial charge in [-0.05, 0) is 77.0 Å². The van der Waals surface area contributed by atoms with E-state index in [0.29, 0.717) is 0 Å². The summed E-state index contributed by atoms with van der Waals surface area (Å²) < 4.78 is 0. The molecule has 0 unspecified atom stereocenters. The van der Waals surface area contributed by atoms with Gasteiger partial charge in [0.25, 0.3) is 0 Å². The summed E-state index contributed by atoms with van der Waals surface area (Å²) in [4.78, 5) is 0. The zero-order chi connectivity index (χ0) is 28.4. The van der Waals surface area contributed by atoms with Gasteiger partial charge < -0.3 is 0 Å². The molecule has 0 nitrogen and oxygen atoms in total. The molecule has 0 radical (unpaired) electrons. The van der Waals surface area contributed by atoms with Gasteiger partial charge in [-0.1, -0.05) is 119 Å². The molecule has 0 bridgehead atoms. The molecule has 0 atom stereocenters. The molecule has 0 saturated heterocycles. The predicted molar refractivity (Wildman–Crippen MR) is 191 cm³/mol. The van der Waals surface area contributed by atoms with E-state index in [4.69, 9.17) is 0 Å². The van der Waals surface area contributed by atoms with E-state index in [1.807, 2.05) is 0 Å². The Kier molecular flexibility index (Phi) is 47.9. The van der Waals surface area contributed by atoms with Crippen LogP contribution in [0, 0.1) is 0 Å². The molecule has 0 fully saturated rings. The van der Waals surface area contributed by atoms with Crippen molar-refractivity contribution in [3.63, 3.8) is 0 Å². The molecule has 39 heavy (non-hydrogen) atoms. The summed E-state index contributed by atoms with van der Waals surface area (Å²) in [6.45, 7) is 13.9. The van der Waals surface area contributed by atoms with Gasteiger partial charge in [-0.25, -0.2) is 0 Å². The number of hydrogen-bond acceptors (Lipinski definition) is 0. The number of unbranched alkanes of at least 4 members (excludes halogenated alkanes) is 18. The van der Waals surface area contributed by atoms with E-state index >= 15 is 0 Å². The minimum atomic E-state index is 0. The molecule has 0 aromatic rings. The molecule has 0 amide bonds. The fourth-order valence-corrected chi connectivity index (χ4v) is 11.6. The van der Waals surface area contributed by atoms with E-state index in [1.54, 1.807) is 37.0 Å². The molecule has 0 aliphatic heterocycles. The van der Waals surface area contributed by atoms with Crippen molar-refractivity contribution in [2.24, 2.45) is 0 Å². The normalized spacial score (nSPS) is 11.1. The zero-order valence-electron chi connectivity index (χ0n) is 28.6. The van der Waals surface area contributed by atoms with Crippen LogP contribution in [-0.2, 0) is 19.5 Å². The molecule has 0 aromatic heterocycles. The van der Waals surface area contributed by atoms with Crippen molar-refractivity contribution in [2.75, 3.05) is 37.0 Å². The predicted octanol–water partition coefficient (Wildman–Crippen LogP) is 13.9. The van der Waals surface area contributed by atoms with Crippen molar-refractivity contribution in [2.45, 2.75) is 196 Å². The van der Waals surface area contributed by atoms with Crippen molar-refractivity contribution >= 4 is 15.8 Å². The molecule has 0 spiro atoms. The van der Waals surface area contributed by atoms with Crippen molar-refractivity contribution < 1.29 is 19.5 Å². The second kappa shape index (κ2) is 41.6. The minimum Gasteiger partial charge on any atom is -0.0654 e. The Morgan fingerprint density at radius 2 is 0.385 bits per heavy atom. The average Bonchev–Trinajstić information content (AvgIpc) is 2.93. The maximum Gasteiger partial charge on any atom is 0.0571 e. The first-order chi connectivity index (χ1) is 18.7. The molecule has 0 saturated carbocycles. The van der Waals surface area contributed by atoms with Crippen molar-refractivity contribution in [3.8, 4) is 0 Å². The van der Waals surface area contributed by atoms with Crippen LogP contribution in [0.15, 0.2) is 0 Å². The third kappa shape index (κ3) is 39.5. The van der Waals surface area contributed by atoms with Crippen LogP contribution >= 0.6 is 15.8 Å². The SMILES string of the molecule is CCCCCC[PH+](CCCCCC)CCCCCC.CCCCCC[PH+](CCCCCC)CCCCCC.[Ru]. The van der Waals surface area contributed by atoms with Crippen LogP contribution in [0.1, 0.15) is 196 Å². The maximum absolute atomic E-state index is 2.32. The Labute approximate surface area is 266 Å². The molecule has 0 aromatic carbocycles. The third-order valence-electron chi connectivity index (χ3n) is 8.30. The summed E-state index contributed by atoms with van der Waals surface area (Å²) in [7, 11) is 0.0278. The van der Waals surface area contributed by atoms with Crippen LogP contribution in [0.2, 0.25) is 0 Å². The second-order valence-corrected chi connectivity index (χ2v) is 18.4. The monoisotopic (exact) mass is 676 g/mol. The fourth-order valence-electron chi connectivity index (χ4n) is 5.56. The van der Waals surface area contributed by atoms with Gasteiger partial charge in [-0.2, -0.15) is 0 Å². The van der Waals surface area contributed by atoms with Gasteiger partial charge in [0.15, 0.2) is 0 Å². The Morgan fingerprint density at radius 1 is 0.231 bits per heavy atom. The maximum atomic E-state index is 2.32. The number of rotatable bonds is 30. The zero-order valence-corrected chi connectivity index (χ0v) is 32.3. The molecule has 0 N–H and O–H groups in total. The van der Waals surface area contributed by atoms with E-state index in [-0.39, 0.29) is 35.3 Å². The van der Waals surface area contributed by atoms with Crippen LogP contribution in [-0.4, -0.2) is 37.0 Å². The van der Waals surface area contributed by atoms with Gasteiger partial charge >= 0.3 is 0 Å². The molecular weight excluding hydrogens is 595 g/mol. The Balaban J connectivity index is -0.000000648. The van der Waals surface area contributed by atoms with Gasteiger partial charge in [0.1, 0.15) is 0 Å². The molecule has 0 aliphatic rings. The summed E-state index contributed by atoms with van der Waals surface area (Å²) in [5.74, 6) is 0. The minimum absolute atomic E-state index is 0. The van der Waals surface area contributed by atoms with E-state index < -0.39 is 0 Å². The van der Waals surface area contributed by atoms with Gasteiger partial charge in [0.2, 0.25) is 0 Å². The number of hydrogen-bond donors (Lipinski definition) is 0. The van der Waals surface area contributed by atoms with Crippen LogP contribution in [0.5, 0.6) is 0 Å². The summed E-state index contributed by atoms with van der Waals surface area (Å²) >= 11 is 0. The van der Waals surface area contributed by atoms with Crippen LogP contribution in [0.3, 0.4) is 0 Å². The molecule has 240 valence electrons. The summed E-state index contributed by atoms with van der Waals surface area (Å²) in [6, 6.07) is 0. The first-order valence-corrected chi connectivity index (χ1v) is 22.6. The summed E-state index contributed by atoms with van der Waals surface area (Å²) in [5, 5.41) is 0. The summed E-state index contributed by atoms with van der Waals surface area (Å²) in [6.07, 6.45) is 44.9. The fraction of sp³-hybridized carbons (Fsp3) is 1.00. The van der Waals surface area contributed by atoms with E-state index in [0.717, 1.165) is 0 Å². The van der Waals surface area contributed by atoms with E-state index in [2.05, 4.69) is 41.5 Å². The molecule has 0 aliphatic carbocycles. The Bertz CT molecular complexity index is 297. The quantitative estimate of drug-likeness (QED) is 0.0404. The van der Waals surface area contributed by atoms with Crippen LogP contribution in [0.25, 0.3) is 0 Å². The third-order valence-corrected chi connectivity index (χ3v) is 14.7. The van der Waals surface area contributed by atoms with Crippen LogP contribution in [0.4, 0.5) is 0 Å². The smallest absolute Gasteiger partial charge is 0.0571 e. The van der Waals surface area contributed by atoms with Crippen molar-refractivity contribution in [1.29, 1.82) is 0 Å². The van der Waals surface area contributed by atoms with Crippen molar-refractivity contribution in [3.05, 3.63) is 0 Å². The van der Waals surface area contributed by atoms with Gasteiger partial charge in [-0.15, -0.1) is 0 Å². The first-order valence-electron chi connectivity index (χ1n) is 18.4. The van der Waals surface area contributed by atoms with Crippen LogP contribution < -0.4 is 0 Å². The standard InChI is InChI=1S/2C18H39P.Ru/c2*1-4-7-10-13-16-19(17-14-11-8-5-2)18-15-12-9-6-3;/h2*4-18H2,1-3H3;/p+2. The Morgan fingerprint density at radius 3 is 0.513 bits per heavy atom. The first kappa shape index (κ1) is 44.9. The van der Waals surface area contributed by atoms with Gasteiger partial charge in [-0.3, -0.25) is 0 Å². The van der Waals surface area contributed by atoms with E-state index in [9.17, 15) is 0 Å². The molecule has 0 heterocycles. The second-order valence-electron chi connectivity index (χ2n) is 12.4. The van der Waals surface area contributed by atoms with Crippen molar-refractivity contribution in [1.82, 2.24) is 0 Å². The molecular formula is C36H80P2Ru+2. The summed E-state index contributed by atoms with van der Waals surface area (Å²) in [5.41, 5.74) is 0. The molecule has 3 heteroatoms. The average molecular weight is 676 g/mol. The Hall–Kier alpha value is 1.48. The van der Waals surface area contributed by atoms with Gasteiger partial charge in [0.05, 0.1) is 37.0 Å². The topological polar surface area (TPSA) is 0 Å². The van der Waals surface area contributed by atoms with Gasteiger partial charge in [0, 0.05) is 35.3 Å².